The number of hydrogen-bond acceptors (Lipinski definition) is 3. The normalized spacial score (nSPS) is 19.6. The Hall–Kier alpha value is -1.30. The zero-order valence-electron chi connectivity index (χ0n) is 11.2. The van der Waals surface area contributed by atoms with Crippen LogP contribution in [0.4, 0.5) is 4.79 Å². The SMILES string of the molecule is COC(CNC(=O)N1CCC(C)(C)C1)CC(=O)O. The van der Waals surface area contributed by atoms with E-state index in [1.165, 1.54) is 7.11 Å². The second kappa shape index (κ2) is 6.04. The quantitative estimate of drug-likeness (QED) is 0.768. The number of aliphatic carboxylic acids is 1. The first kappa shape index (κ1) is 14.8. The zero-order chi connectivity index (χ0) is 13.8. The Labute approximate surface area is 107 Å². The van der Waals surface area contributed by atoms with Crippen molar-refractivity contribution in [2.75, 3.05) is 26.7 Å². The number of ether oxygens (including phenoxy) is 1. The molecule has 1 saturated heterocycles. The molecule has 1 unspecified atom stereocenters. The fourth-order valence-corrected chi connectivity index (χ4v) is 2.03. The molecule has 1 heterocycles. The van der Waals surface area contributed by atoms with Gasteiger partial charge in [-0.15, -0.1) is 0 Å². The van der Waals surface area contributed by atoms with Crippen LogP contribution < -0.4 is 5.32 Å². The number of likely N-dealkylation sites (tertiary alicyclic amines) is 1. The van der Waals surface area contributed by atoms with Crippen molar-refractivity contribution < 1.29 is 19.4 Å². The molecule has 0 aliphatic carbocycles. The van der Waals surface area contributed by atoms with Gasteiger partial charge in [0.15, 0.2) is 0 Å². The summed E-state index contributed by atoms with van der Waals surface area (Å²) in [5, 5.41) is 11.4. The summed E-state index contributed by atoms with van der Waals surface area (Å²) < 4.78 is 5.00. The van der Waals surface area contributed by atoms with Crippen LogP contribution in [0.3, 0.4) is 0 Å². The van der Waals surface area contributed by atoms with Crippen LogP contribution in [0, 0.1) is 5.41 Å². The minimum absolute atomic E-state index is 0.109. The Morgan fingerprint density at radius 3 is 2.61 bits per heavy atom. The first-order chi connectivity index (χ1) is 8.34. The lowest BCUT2D eigenvalue weighted by molar-refractivity contribution is -0.139. The third-order valence-corrected chi connectivity index (χ3v) is 3.18. The van der Waals surface area contributed by atoms with E-state index >= 15 is 0 Å². The maximum absolute atomic E-state index is 11.9. The molecule has 0 radical (unpaired) electrons. The molecule has 0 aromatic rings. The second-order valence-electron chi connectivity index (χ2n) is 5.48. The molecular weight excluding hydrogens is 236 g/mol. The summed E-state index contributed by atoms with van der Waals surface area (Å²) in [4.78, 5) is 24.2. The fraction of sp³-hybridized carbons (Fsp3) is 0.833. The number of carboxylic acids is 1. The van der Waals surface area contributed by atoms with Gasteiger partial charge in [-0.1, -0.05) is 13.8 Å². The van der Waals surface area contributed by atoms with Crippen LogP contribution in [0.2, 0.25) is 0 Å². The van der Waals surface area contributed by atoms with Crippen molar-refractivity contribution in [1.82, 2.24) is 10.2 Å². The number of methoxy groups -OCH3 is 1. The van der Waals surface area contributed by atoms with Gasteiger partial charge < -0.3 is 20.1 Å². The molecule has 1 atom stereocenters. The van der Waals surface area contributed by atoms with Crippen LogP contribution in [0.25, 0.3) is 0 Å². The Kier molecular flexibility index (Phi) is 4.95. The molecule has 1 aliphatic heterocycles. The van der Waals surface area contributed by atoms with E-state index in [-0.39, 0.29) is 24.4 Å². The van der Waals surface area contributed by atoms with E-state index in [2.05, 4.69) is 19.2 Å². The number of urea groups is 1. The minimum atomic E-state index is -0.932. The number of carbonyl (C=O) groups excluding carboxylic acids is 1. The van der Waals surface area contributed by atoms with E-state index < -0.39 is 12.1 Å². The van der Waals surface area contributed by atoms with Crippen LogP contribution in [-0.2, 0) is 9.53 Å². The molecule has 1 rings (SSSR count). The van der Waals surface area contributed by atoms with Gasteiger partial charge in [0.25, 0.3) is 0 Å². The molecule has 6 nitrogen and oxygen atoms in total. The first-order valence-corrected chi connectivity index (χ1v) is 6.11. The average molecular weight is 258 g/mol. The molecule has 18 heavy (non-hydrogen) atoms. The predicted octanol–water partition coefficient (Wildman–Crippen LogP) is 0.918. The van der Waals surface area contributed by atoms with Crippen LogP contribution >= 0.6 is 0 Å². The highest BCUT2D eigenvalue weighted by molar-refractivity contribution is 5.74. The molecule has 0 bridgehead atoms. The monoisotopic (exact) mass is 258 g/mol. The summed E-state index contributed by atoms with van der Waals surface area (Å²) in [7, 11) is 1.44. The minimum Gasteiger partial charge on any atom is -0.481 e. The van der Waals surface area contributed by atoms with Crippen molar-refractivity contribution in [1.29, 1.82) is 0 Å². The van der Waals surface area contributed by atoms with Crippen LogP contribution in [-0.4, -0.2) is 54.9 Å². The van der Waals surface area contributed by atoms with Crippen molar-refractivity contribution in [3.63, 3.8) is 0 Å². The van der Waals surface area contributed by atoms with E-state index in [9.17, 15) is 9.59 Å². The summed E-state index contributed by atoms with van der Waals surface area (Å²) in [5.41, 5.74) is 0.166. The van der Waals surface area contributed by atoms with E-state index in [4.69, 9.17) is 9.84 Å². The molecule has 0 spiro atoms. The fourth-order valence-electron chi connectivity index (χ4n) is 2.03. The molecule has 2 amide bonds. The molecule has 104 valence electrons. The molecule has 0 saturated carbocycles. The summed E-state index contributed by atoms with van der Waals surface area (Å²) in [5.74, 6) is -0.932. The highest BCUT2D eigenvalue weighted by Gasteiger charge is 2.32. The number of carboxylic acid groups (broad SMARTS) is 1. The van der Waals surface area contributed by atoms with Gasteiger partial charge in [0.05, 0.1) is 12.5 Å². The Morgan fingerprint density at radius 2 is 2.17 bits per heavy atom. The molecule has 2 N–H and O–H groups in total. The molecule has 1 aliphatic rings. The largest absolute Gasteiger partial charge is 0.481 e. The topological polar surface area (TPSA) is 78.9 Å². The number of hydrogen-bond donors (Lipinski definition) is 2. The number of amides is 2. The highest BCUT2D eigenvalue weighted by atomic mass is 16.5. The van der Waals surface area contributed by atoms with Gasteiger partial charge >= 0.3 is 12.0 Å². The smallest absolute Gasteiger partial charge is 0.317 e. The lowest BCUT2D eigenvalue weighted by Crippen LogP contribution is -2.43. The number of rotatable bonds is 5. The van der Waals surface area contributed by atoms with E-state index in [0.717, 1.165) is 19.5 Å². The van der Waals surface area contributed by atoms with Crippen LogP contribution in [0.15, 0.2) is 0 Å². The predicted molar refractivity (Wildman–Crippen MR) is 66.4 cm³/mol. The standard InChI is InChI=1S/C12H22N2O4/c1-12(2)4-5-14(8-12)11(17)13-7-9(18-3)6-10(15)16/h9H,4-8H2,1-3H3,(H,13,17)(H,15,16). The summed E-state index contributed by atoms with van der Waals surface area (Å²) >= 11 is 0. The molecule has 1 fully saturated rings. The van der Waals surface area contributed by atoms with E-state index in [1.807, 2.05) is 0 Å². The second-order valence-corrected chi connectivity index (χ2v) is 5.48. The zero-order valence-corrected chi connectivity index (χ0v) is 11.2. The maximum atomic E-state index is 11.9. The maximum Gasteiger partial charge on any atom is 0.317 e. The van der Waals surface area contributed by atoms with Crippen LogP contribution in [0.1, 0.15) is 26.7 Å². The van der Waals surface area contributed by atoms with Crippen molar-refractivity contribution in [2.24, 2.45) is 5.41 Å². The van der Waals surface area contributed by atoms with Crippen molar-refractivity contribution in [2.45, 2.75) is 32.8 Å². The number of nitrogens with zero attached hydrogens (tertiary/aromatic N) is 1. The van der Waals surface area contributed by atoms with Crippen molar-refractivity contribution in [3.8, 4) is 0 Å². The summed E-state index contributed by atoms with van der Waals surface area (Å²) in [6, 6.07) is -0.145. The molecular formula is C12H22N2O4. The average Bonchev–Trinajstić information content (AvgIpc) is 2.64. The number of carbonyl (C=O) groups is 2. The summed E-state index contributed by atoms with van der Waals surface area (Å²) in [6.45, 7) is 5.95. The van der Waals surface area contributed by atoms with E-state index in [0.29, 0.717) is 0 Å². The highest BCUT2D eigenvalue weighted by Crippen LogP contribution is 2.28. The van der Waals surface area contributed by atoms with E-state index in [1.54, 1.807) is 4.90 Å². The van der Waals surface area contributed by atoms with Gasteiger partial charge in [-0.2, -0.15) is 0 Å². The first-order valence-electron chi connectivity index (χ1n) is 6.11. The van der Waals surface area contributed by atoms with Crippen LogP contribution in [0.5, 0.6) is 0 Å². The Morgan fingerprint density at radius 1 is 1.50 bits per heavy atom. The Balaban J connectivity index is 2.34. The van der Waals surface area contributed by atoms with Gasteiger partial charge in [-0.05, 0) is 11.8 Å². The van der Waals surface area contributed by atoms with Crippen molar-refractivity contribution >= 4 is 12.0 Å². The van der Waals surface area contributed by atoms with Gasteiger partial charge in [0.1, 0.15) is 0 Å². The molecule has 6 heteroatoms. The third kappa shape index (κ3) is 4.52. The number of nitrogens with one attached hydrogen (secondary N) is 1. The lowest BCUT2D eigenvalue weighted by Gasteiger charge is -2.21. The Bertz CT molecular complexity index is 317. The summed E-state index contributed by atoms with van der Waals surface area (Å²) in [6.07, 6.45) is 0.396. The van der Waals surface area contributed by atoms with Gasteiger partial charge in [0.2, 0.25) is 0 Å². The van der Waals surface area contributed by atoms with Gasteiger partial charge in [-0.3, -0.25) is 4.79 Å². The van der Waals surface area contributed by atoms with Gasteiger partial charge in [0, 0.05) is 26.7 Å². The molecule has 0 aromatic carbocycles. The van der Waals surface area contributed by atoms with Crippen molar-refractivity contribution in [3.05, 3.63) is 0 Å². The molecule has 0 aromatic heterocycles. The van der Waals surface area contributed by atoms with Gasteiger partial charge in [-0.25, -0.2) is 4.79 Å². The lowest BCUT2D eigenvalue weighted by atomic mass is 9.93. The third-order valence-electron chi connectivity index (χ3n) is 3.18.